The van der Waals surface area contributed by atoms with Crippen molar-refractivity contribution in [3.05, 3.63) is 285 Å². The monoisotopic (exact) mass is 1210 g/mol. The Balaban J connectivity index is 0.000000124. The maximum absolute atomic E-state index is 14.9. The number of nitrogens with zero attached hydrogens (tertiary/aromatic N) is 12. The van der Waals surface area contributed by atoms with Gasteiger partial charge in [-0.2, -0.15) is 0 Å². The molecule has 0 saturated heterocycles. The largest absolute Gasteiger partial charge is 0.356 e. The molecule has 444 valence electrons. The first-order chi connectivity index (χ1) is 43.5. The van der Waals surface area contributed by atoms with Gasteiger partial charge in [-0.15, -0.1) is 0 Å². The number of pyridine rings is 3. The Morgan fingerprint density at radius 1 is 0.367 bits per heavy atom. The third kappa shape index (κ3) is 11.0. The van der Waals surface area contributed by atoms with Gasteiger partial charge in [-0.05, 0) is 116 Å². The van der Waals surface area contributed by atoms with Gasteiger partial charge in [0.05, 0.1) is 60.3 Å². The molecule has 90 heavy (non-hydrogen) atoms. The predicted molar refractivity (Wildman–Crippen MR) is 334 cm³/mol. The Hall–Kier alpha value is -11.6. The summed E-state index contributed by atoms with van der Waals surface area (Å²) in [4.78, 5) is 62.3. The highest BCUT2D eigenvalue weighted by molar-refractivity contribution is 5.98. The van der Waals surface area contributed by atoms with Crippen LogP contribution in [0.25, 0.3) is 98.7 Å². The van der Waals surface area contributed by atoms with E-state index in [2.05, 4.69) is 29.9 Å². The summed E-state index contributed by atoms with van der Waals surface area (Å²) in [6.45, 7) is -0.784. The summed E-state index contributed by atoms with van der Waals surface area (Å²) in [5.41, 5.74) is 3.10. The van der Waals surface area contributed by atoms with Crippen molar-refractivity contribution in [3.63, 3.8) is 0 Å². The lowest BCUT2D eigenvalue weighted by atomic mass is 9.99. The van der Waals surface area contributed by atoms with Gasteiger partial charge < -0.3 is 13.7 Å². The molecule has 0 bridgehead atoms. The minimum Gasteiger partial charge on any atom is -0.356 e. The van der Waals surface area contributed by atoms with E-state index < -0.39 is 46.0 Å². The van der Waals surface area contributed by atoms with Crippen LogP contribution in [0, 0.1) is 34.9 Å². The SMILES string of the molecule is Cn1cc2cccc(-c3cc(F)c(Cn4cnc5cccnc5c4=O)c(F)c3)c2c1.Cn1cc2cccc(-c3cc(F)c(Cn4cnc5cnccc5c4=O)c(F)c3)c2c1.Cn1cc2cccc(-c3cc(F)c(Cn4cnc5ncccc5c4=O)c(F)c3)c2c1. The van der Waals surface area contributed by atoms with Crippen molar-refractivity contribution in [1.29, 1.82) is 0 Å². The third-order valence-electron chi connectivity index (χ3n) is 15.6. The van der Waals surface area contributed by atoms with Crippen LogP contribution in [0.15, 0.2) is 217 Å². The highest BCUT2D eigenvalue weighted by atomic mass is 19.2. The summed E-state index contributed by atoms with van der Waals surface area (Å²) in [5, 5.41) is 6.34. The first kappa shape index (κ1) is 57.5. The Labute approximate surface area is 506 Å². The summed E-state index contributed by atoms with van der Waals surface area (Å²) in [6.07, 6.45) is 21.4. The summed E-state index contributed by atoms with van der Waals surface area (Å²) < 4.78 is 98.9. The van der Waals surface area contributed by atoms with E-state index in [1.54, 1.807) is 24.3 Å². The van der Waals surface area contributed by atoms with Crippen molar-refractivity contribution in [2.75, 3.05) is 0 Å². The van der Waals surface area contributed by atoms with Crippen molar-refractivity contribution in [2.24, 2.45) is 21.1 Å². The zero-order chi connectivity index (χ0) is 62.5. The number of halogens is 6. The number of benzene rings is 6. The van der Waals surface area contributed by atoms with Gasteiger partial charge in [-0.25, -0.2) is 51.3 Å². The van der Waals surface area contributed by atoms with Gasteiger partial charge in [0.25, 0.3) is 16.7 Å². The fourth-order valence-electron chi connectivity index (χ4n) is 11.2. The van der Waals surface area contributed by atoms with E-state index in [1.807, 2.05) is 127 Å². The number of aromatic nitrogens is 12. The molecular formula is C69H48F6N12O3. The zero-order valence-electron chi connectivity index (χ0n) is 48.0. The van der Waals surface area contributed by atoms with E-state index in [9.17, 15) is 40.7 Å². The van der Waals surface area contributed by atoms with Crippen LogP contribution >= 0.6 is 0 Å². The molecule has 0 aliphatic carbocycles. The Bertz CT molecular complexity index is 4930. The molecular weight excluding hydrogens is 1160 g/mol. The maximum Gasteiger partial charge on any atom is 0.280 e. The Morgan fingerprint density at radius 3 is 1.23 bits per heavy atom. The number of hydrogen-bond acceptors (Lipinski definition) is 9. The highest BCUT2D eigenvalue weighted by Gasteiger charge is 2.20. The normalized spacial score (nSPS) is 11.4. The van der Waals surface area contributed by atoms with Crippen LogP contribution in [0.2, 0.25) is 0 Å². The van der Waals surface area contributed by atoms with Gasteiger partial charge in [0.1, 0.15) is 41.2 Å². The summed E-state index contributed by atoms with van der Waals surface area (Å²) in [7, 11) is 5.70. The van der Waals surface area contributed by atoms with Crippen molar-refractivity contribution < 1.29 is 26.3 Å². The molecule has 9 aromatic heterocycles. The van der Waals surface area contributed by atoms with Crippen molar-refractivity contribution in [2.45, 2.75) is 19.6 Å². The molecule has 0 amide bonds. The van der Waals surface area contributed by atoms with E-state index in [0.717, 1.165) is 53.6 Å². The molecule has 0 aliphatic rings. The average Bonchev–Trinajstić information content (AvgIpc) is 1.45. The lowest BCUT2D eigenvalue weighted by Gasteiger charge is -2.11. The second-order valence-electron chi connectivity index (χ2n) is 21.6. The lowest BCUT2D eigenvalue weighted by molar-refractivity contribution is 0.541. The Morgan fingerprint density at radius 2 is 0.767 bits per heavy atom. The van der Waals surface area contributed by atoms with Gasteiger partial charge >= 0.3 is 0 Å². The van der Waals surface area contributed by atoms with Crippen LogP contribution in [0.4, 0.5) is 26.3 Å². The molecule has 0 spiro atoms. The number of rotatable bonds is 9. The van der Waals surface area contributed by atoms with Gasteiger partial charge in [-0.1, -0.05) is 54.6 Å². The van der Waals surface area contributed by atoms with E-state index in [-0.39, 0.29) is 47.4 Å². The van der Waals surface area contributed by atoms with Crippen LogP contribution in [0.3, 0.4) is 0 Å². The van der Waals surface area contributed by atoms with E-state index in [4.69, 9.17) is 0 Å². The molecule has 15 rings (SSSR count). The van der Waals surface area contributed by atoms with E-state index >= 15 is 0 Å². The lowest BCUT2D eigenvalue weighted by Crippen LogP contribution is -2.23. The molecule has 21 heteroatoms. The number of hydrogen-bond donors (Lipinski definition) is 0. The third-order valence-corrected chi connectivity index (χ3v) is 15.6. The average molecular weight is 1210 g/mol. The van der Waals surface area contributed by atoms with Gasteiger partial charge in [0, 0.05) is 110 Å². The second-order valence-corrected chi connectivity index (χ2v) is 21.6. The second kappa shape index (κ2) is 23.6. The van der Waals surface area contributed by atoms with Crippen molar-refractivity contribution in [1.82, 2.24) is 57.3 Å². The molecule has 6 aromatic carbocycles. The van der Waals surface area contributed by atoms with Gasteiger partial charge in [0.2, 0.25) is 0 Å². The molecule has 0 N–H and O–H groups in total. The number of fused-ring (bicyclic) bond motifs is 6. The molecule has 15 nitrogen and oxygen atoms in total. The standard InChI is InChI=1S/3C23H16F2N4O/c1-28-10-14-4-2-5-16(17(14)11-28)15-8-19(24)18(20(25)9-15)12-29-13-27-21-6-3-7-26-22(21)23(29)30;1-28-10-14-4-2-5-16(18(14)11-28)15-8-20(24)19(21(25)9-15)12-29-13-27-22-17(23(29)30)6-3-7-26-22;1-28-10-14-3-2-4-16(18(14)11-28)15-7-20(24)19(21(25)8-15)12-29-13-27-22-9-26-6-5-17(22)23(29)30/h3*2-11,13H,12H2,1H3. The fourth-order valence-corrected chi connectivity index (χ4v) is 11.2. The van der Waals surface area contributed by atoms with Crippen LogP contribution in [-0.2, 0) is 40.8 Å². The minimum atomic E-state index is -0.717. The van der Waals surface area contributed by atoms with Crippen molar-refractivity contribution >= 4 is 65.3 Å². The molecule has 0 radical (unpaired) electrons. The van der Waals surface area contributed by atoms with Crippen LogP contribution in [-0.4, -0.2) is 57.3 Å². The molecule has 0 aliphatic heterocycles. The molecule has 0 fully saturated rings. The molecule has 0 atom stereocenters. The zero-order valence-corrected chi connectivity index (χ0v) is 48.0. The molecule has 0 saturated carbocycles. The Kier molecular flexibility index (Phi) is 15.1. The molecule has 15 aromatic rings. The smallest absolute Gasteiger partial charge is 0.280 e. The first-order valence-electron chi connectivity index (χ1n) is 28.0. The van der Waals surface area contributed by atoms with Gasteiger partial charge in [-0.3, -0.25) is 33.1 Å². The quantitative estimate of drug-likeness (QED) is 0.128. The minimum absolute atomic E-state index is 0.160. The van der Waals surface area contributed by atoms with E-state index in [0.29, 0.717) is 44.1 Å². The molecule has 9 heterocycles. The summed E-state index contributed by atoms with van der Waals surface area (Å²) >= 11 is 0. The fraction of sp³-hybridized carbons (Fsp3) is 0.0870. The first-order valence-corrected chi connectivity index (χ1v) is 28.0. The summed E-state index contributed by atoms with van der Waals surface area (Å²) in [6, 6.07) is 32.8. The topological polar surface area (TPSA) is 158 Å². The summed E-state index contributed by atoms with van der Waals surface area (Å²) in [5.74, 6) is -4.27. The number of aryl methyl sites for hydroxylation is 3. The highest BCUT2D eigenvalue weighted by Crippen LogP contribution is 2.35. The van der Waals surface area contributed by atoms with Crippen LogP contribution in [0.5, 0.6) is 0 Å². The van der Waals surface area contributed by atoms with E-state index in [1.165, 1.54) is 95.4 Å². The predicted octanol–water partition coefficient (Wildman–Crippen LogP) is 12.8. The maximum atomic E-state index is 14.9. The van der Waals surface area contributed by atoms with Crippen LogP contribution in [0.1, 0.15) is 16.7 Å². The molecule has 0 unspecified atom stereocenters. The van der Waals surface area contributed by atoms with Crippen molar-refractivity contribution in [3.8, 4) is 33.4 Å². The van der Waals surface area contributed by atoms with Crippen LogP contribution < -0.4 is 16.7 Å². The van der Waals surface area contributed by atoms with Gasteiger partial charge in [0.15, 0.2) is 11.2 Å².